The van der Waals surface area contributed by atoms with Crippen molar-refractivity contribution in [2.24, 2.45) is 0 Å². The van der Waals surface area contributed by atoms with E-state index in [-0.39, 0.29) is 0 Å². The van der Waals surface area contributed by atoms with Crippen LogP contribution in [0, 0.1) is 10.1 Å². The van der Waals surface area contributed by atoms with Crippen molar-refractivity contribution in [3.05, 3.63) is 40.2 Å². The second-order valence-electron chi connectivity index (χ2n) is 2.76. The molecular formula is C8H10N2O4. The van der Waals surface area contributed by atoms with Gasteiger partial charge in [0.15, 0.2) is 0 Å². The minimum absolute atomic E-state index is 0.371. The predicted octanol–water partition coefficient (Wildman–Crippen LogP) is -0.247. The lowest BCUT2D eigenvalue weighted by Crippen LogP contribution is -2.31. The molecule has 1 rings (SSSR count). The minimum Gasteiger partial charge on any atom is -0.389 e. The fourth-order valence-corrected chi connectivity index (χ4v) is 1.06. The van der Waals surface area contributed by atoms with Crippen LogP contribution < -0.4 is 0 Å². The van der Waals surface area contributed by atoms with Gasteiger partial charge in [0.2, 0.25) is 0 Å². The third kappa shape index (κ3) is 2.24. The molecule has 0 saturated heterocycles. The molecule has 2 N–H and O–H groups in total. The Bertz CT molecular complexity index is 303. The lowest BCUT2D eigenvalue weighted by Gasteiger charge is -2.13. The van der Waals surface area contributed by atoms with E-state index in [9.17, 15) is 15.2 Å². The fraction of sp³-hybridized carbons (Fsp3) is 0.375. The normalized spacial score (nSPS) is 14.7. The first-order valence-corrected chi connectivity index (χ1v) is 3.99. The second kappa shape index (κ2) is 4.64. The highest BCUT2D eigenvalue weighted by atomic mass is 16.6. The van der Waals surface area contributed by atoms with Crippen molar-refractivity contribution in [1.82, 2.24) is 4.98 Å². The van der Waals surface area contributed by atoms with E-state index >= 15 is 0 Å². The lowest BCUT2D eigenvalue weighted by atomic mass is 10.1. The number of nitrogens with zero attached hydrogens (tertiary/aromatic N) is 2. The molecule has 0 amide bonds. The number of aliphatic hydroxyl groups is 2. The van der Waals surface area contributed by atoms with Gasteiger partial charge < -0.3 is 10.2 Å². The zero-order chi connectivity index (χ0) is 10.6. The van der Waals surface area contributed by atoms with E-state index in [1.807, 2.05) is 0 Å². The van der Waals surface area contributed by atoms with Crippen LogP contribution >= 0.6 is 0 Å². The molecule has 0 saturated carbocycles. The summed E-state index contributed by atoms with van der Waals surface area (Å²) in [6, 6.07) is 1.55. The molecule has 14 heavy (non-hydrogen) atoms. The highest BCUT2D eigenvalue weighted by Gasteiger charge is 2.30. The van der Waals surface area contributed by atoms with E-state index in [1.54, 1.807) is 0 Å². The first-order chi connectivity index (χ1) is 6.66. The molecular weight excluding hydrogens is 188 g/mol. The molecule has 2 atom stereocenters. The number of hydrogen-bond donors (Lipinski definition) is 2. The Morgan fingerprint density at radius 2 is 2.07 bits per heavy atom. The van der Waals surface area contributed by atoms with Gasteiger partial charge in [-0.05, 0) is 17.7 Å². The van der Waals surface area contributed by atoms with Gasteiger partial charge >= 0.3 is 0 Å². The number of aliphatic hydroxyl groups excluding tert-OH is 2. The summed E-state index contributed by atoms with van der Waals surface area (Å²) >= 11 is 0. The van der Waals surface area contributed by atoms with Crippen molar-refractivity contribution in [3.63, 3.8) is 0 Å². The summed E-state index contributed by atoms with van der Waals surface area (Å²) in [6.07, 6.45) is 1.54. The van der Waals surface area contributed by atoms with Crippen molar-refractivity contribution in [3.8, 4) is 0 Å². The molecule has 6 heteroatoms. The van der Waals surface area contributed by atoms with E-state index in [0.717, 1.165) is 0 Å². The molecule has 0 bridgehead atoms. The first kappa shape index (κ1) is 10.6. The van der Waals surface area contributed by atoms with Crippen molar-refractivity contribution >= 4 is 0 Å². The predicted molar refractivity (Wildman–Crippen MR) is 47.1 cm³/mol. The van der Waals surface area contributed by atoms with E-state index in [1.165, 1.54) is 24.5 Å². The number of rotatable bonds is 4. The Morgan fingerprint density at radius 1 is 1.50 bits per heavy atom. The molecule has 0 aliphatic heterocycles. The Morgan fingerprint density at radius 3 is 2.50 bits per heavy atom. The van der Waals surface area contributed by atoms with Crippen molar-refractivity contribution < 1.29 is 15.1 Å². The molecule has 0 aliphatic carbocycles. The quantitative estimate of drug-likeness (QED) is 0.513. The zero-order valence-corrected chi connectivity index (χ0v) is 7.28. The summed E-state index contributed by atoms with van der Waals surface area (Å²) in [7, 11) is 0. The number of hydrogen-bond acceptors (Lipinski definition) is 5. The standard InChI is InChI=1S/C8H10N2O4/c11-5-7(10(13)14)8(12)6-1-3-9-4-2-6/h1-4,7-8,11-12H,5H2/t7-,8-/m0/s1. The van der Waals surface area contributed by atoms with E-state index < -0.39 is 23.7 Å². The van der Waals surface area contributed by atoms with Crippen LogP contribution in [0.4, 0.5) is 0 Å². The van der Waals surface area contributed by atoms with E-state index in [0.29, 0.717) is 5.56 Å². The van der Waals surface area contributed by atoms with Gasteiger partial charge in [0.1, 0.15) is 12.7 Å². The van der Waals surface area contributed by atoms with E-state index in [4.69, 9.17) is 5.11 Å². The maximum absolute atomic E-state index is 10.4. The number of aromatic nitrogens is 1. The van der Waals surface area contributed by atoms with E-state index in [2.05, 4.69) is 4.98 Å². The Labute approximate surface area is 80.0 Å². The molecule has 1 aromatic rings. The number of pyridine rings is 1. The molecule has 1 heterocycles. The smallest absolute Gasteiger partial charge is 0.265 e. The molecule has 0 fully saturated rings. The van der Waals surface area contributed by atoms with Gasteiger partial charge in [0, 0.05) is 17.3 Å². The minimum atomic E-state index is -1.39. The third-order valence-corrected chi connectivity index (χ3v) is 1.87. The Hall–Kier alpha value is -1.53. The van der Waals surface area contributed by atoms with Crippen LogP contribution in [0.3, 0.4) is 0 Å². The summed E-state index contributed by atoms with van der Waals surface area (Å²) in [6.45, 7) is -0.698. The van der Waals surface area contributed by atoms with Crippen LogP contribution in [0.1, 0.15) is 11.7 Å². The monoisotopic (exact) mass is 198 g/mol. The highest BCUT2D eigenvalue weighted by molar-refractivity contribution is 5.14. The SMILES string of the molecule is O=[N+]([O-])[C@@H](CO)[C@@H](O)c1ccncc1. The topological polar surface area (TPSA) is 96.5 Å². The van der Waals surface area contributed by atoms with Crippen LogP contribution in [0.2, 0.25) is 0 Å². The van der Waals surface area contributed by atoms with Gasteiger partial charge in [0.05, 0.1) is 0 Å². The van der Waals surface area contributed by atoms with Gasteiger partial charge in [-0.3, -0.25) is 15.1 Å². The van der Waals surface area contributed by atoms with Crippen LogP contribution in [0.15, 0.2) is 24.5 Å². The molecule has 0 unspecified atom stereocenters. The summed E-state index contributed by atoms with van der Waals surface area (Å²) < 4.78 is 0. The maximum atomic E-state index is 10.4. The summed E-state index contributed by atoms with van der Waals surface area (Å²) in [5, 5.41) is 28.6. The summed E-state index contributed by atoms with van der Waals surface area (Å²) in [5.74, 6) is 0. The first-order valence-electron chi connectivity index (χ1n) is 3.99. The molecule has 1 aromatic heterocycles. The Balaban J connectivity index is 2.83. The van der Waals surface area contributed by atoms with Gasteiger partial charge in [-0.15, -0.1) is 0 Å². The van der Waals surface area contributed by atoms with Gasteiger partial charge in [0.25, 0.3) is 6.04 Å². The van der Waals surface area contributed by atoms with Crippen molar-refractivity contribution in [1.29, 1.82) is 0 Å². The van der Waals surface area contributed by atoms with Crippen LogP contribution in [-0.2, 0) is 0 Å². The maximum Gasteiger partial charge on any atom is 0.265 e. The van der Waals surface area contributed by atoms with Crippen LogP contribution in [0.25, 0.3) is 0 Å². The fourth-order valence-electron chi connectivity index (χ4n) is 1.06. The van der Waals surface area contributed by atoms with Crippen molar-refractivity contribution in [2.75, 3.05) is 6.61 Å². The zero-order valence-electron chi connectivity index (χ0n) is 7.28. The molecule has 0 aliphatic rings. The van der Waals surface area contributed by atoms with Gasteiger partial charge in [-0.25, -0.2) is 0 Å². The van der Waals surface area contributed by atoms with Gasteiger partial charge in [-0.1, -0.05) is 0 Å². The lowest BCUT2D eigenvalue weighted by molar-refractivity contribution is -0.539. The average Bonchev–Trinajstić information content (AvgIpc) is 2.19. The second-order valence-corrected chi connectivity index (χ2v) is 2.76. The Kier molecular flexibility index (Phi) is 3.49. The molecule has 0 radical (unpaired) electrons. The van der Waals surface area contributed by atoms with Crippen molar-refractivity contribution in [2.45, 2.75) is 12.1 Å². The van der Waals surface area contributed by atoms with Crippen LogP contribution in [0.5, 0.6) is 0 Å². The summed E-state index contributed by atoms with van der Waals surface area (Å²) in [4.78, 5) is 13.4. The van der Waals surface area contributed by atoms with Crippen LogP contribution in [-0.4, -0.2) is 32.8 Å². The molecule has 76 valence electrons. The average molecular weight is 198 g/mol. The third-order valence-electron chi connectivity index (χ3n) is 1.87. The number of nitro groups is 1. The highest BCUT2D eigenvalue weighted by Crippen LogP contribution is 2.17. The molecule has 6 nitrogen and oxygen atoms in total. The molecule has 0 spiro atoms. The summed E-state index contributed by atoms with van der Waals surface area (Å²) in [5.41, 5.74) is 0.371. The largest absolute Gasteiger partial charge is 0.389 e. The molecule has 0 aromatic carbocycles. The van der Waals surface area contributed by atoms with Gasteiger partial charge in [-0.2, -0.15) is 0 Å².